The minimum absolute atomic E-state index is 0.0548. The van der Waals surface area contributed by atoms with Crippen LogP contribution in [0.3, 0.4) is 0 Å². The molecule has 0 fully saturated rings. The van der Waals surface area contributed by atoms with E-state index in [1.807, 2.05) is 0 Å². The van der Waals surface area contributed by atoms with Crippen LogP contribution in [0.2, 0.25) is 0 Å². The summed E-state index contributed by atoms with van der Waals surface area (Å²) in [5.74, 6) is -0.543. The second-order valence-corrected chi connectivity index (χ2v) is 6.23. The number of rotatable bonds is 8. The summed E-state index contributed by atoms with van der Waals surface area (Å²) in [7, 11) is 0. The van der Waals surface area contributed by atoms with Crippen LogP contribution in [0.25, 0.3) is 0 Å². The lowest BCUT2D eigenvalue weighted by Gasteiger charge is -2.30. The molecule has 120 valence electrons. The van der Waals surface area contributed by atoms with E-state index in [4.69, 9.17) is 0 Å². The highest BCUT2D eigenvalue weighted by atomic mass is 19.1. The third kappa shape index (κ3) is 5.06. The van der Waals surface area contributed by atoms with Crippen molar-refractivity contribution in [2.45, 2.75) is 72.4 Å². The lowest BCUT2D eigenvalue weighted by molar-refractivity contribution is 0.298. The minimum Gasteiger partial charge on any atom is -0.307 e. The molecule has 0 amide bonds. The maximum Gasteiger partial charge on any atom is 0.130 e. The first kappa shape index (κ1) is 18.1. The summed E-state index contributed by atoms with van der Waals surface area (Å²) in [6.45, 7) is 10.1. The van der Waals surface area contributed by atoms with E-state index < -0.39 is 11.6 Å². The van der Waals surface area contributed by atoms with Crippen molar-refractivity contribution in [2.75, 3.05) is 0 Å². The van der Waals surface area contributed by atoms with Gasteiger partial charge in [0, 0.05) is 23.7 Å². The molecule has 1 aromatic rings. The molecule has 0 aliphatic carbocycles. The molecule has 0 spiro atoms. The molecule has 2 atom stereocenters. The van der Waals surface area contributed by atoms with Crippen molar-refractivity contribution in [3.05, 3.63) is 34.9 Å². The maximum atomic E-state index is 14.3. The van der Waals surface area contributed by atoms with Gasteiger partial charge in [0.2, 0.25) is 0 Å². The van der Waals surface area contributed by atoms with Crippen molar-refractivity contribution in [1.82, 2.24) is 5.32 Å². The normalized spacial score (nSPS) is 14.5. The van der Waals surface area contributed by atoms with Gasteiger partial charge in [-0.2, -0.15) is 0 Å². The zero-order valence-electron chi connectivity index (χ0n) is 14.0. The maximum absolute atomic E-state index is 14.3. The fourth-order valence-corrected chi connectivity index (χ4v) is 2.83. The molecule has 1 rings (SSSR count). The number of benzene rings is 1. The summed E-state index contributed by atoms with van der Waals surface area (Å²) in [6, 6.07) is 2.89. The topological polar surface area (TPSA) is 12.0 Å². The Morgan fingerprint density at radius 2 is 1.76 bits per heavy atom. The molecule has 1 nitrogen and oxygen atoms in total. The van der Waals surface area contributed by atoms with Crippen LogP contribution in [-0.2, 0) is 0 Å². The standard InChI is InChI=1S/C18H29F2N/c1-6-8-9-14(7-2)18(21-12(3)4)15-10-13(5)16(19)11-17(15)20/h10-12,14,18,21H,6-9H2,1-5H3. The lowest BCUT2D eigenvalue weighted by Crippen LogP contribution is -2.34. The largest absolute Gasteiger partial charge is 0.307 e. The van der Waals surface area contributed by atoms with E-state index in [1.165, 1.54) is 0 Å². The summed E-state index contributed by atoms with van der Waals surface area (Å²) >= 11 is 0. The number of hydrogen-bond acceptors (Lipinski definition) is 1. The SMILES string of the molecule is CCCCC(CC)C(NC(C)C)c1cc(C)c(F)cc1F. The van der Waals surface area contributed by atoms with E-state index in [2.05, 4.69) is 33.0 Å². The highest BCUT2D eigenvalue weighted by Crippen LogP contribution is 2.32. The van der Waals surface area contributed by atoms with E-state index in [0.29, 0.717) is 17.0 Å². The fourth-order valence-electron chi connectivity index (χ4n) is 2.83. The lowest BCUT2D eigenvalue weighted by atomic mass is 9.85. The van der Waals surface area contributed by atoms with Gasteiger partial charge in [-0.05, 0) is 30.9 Å². The molecule has 0 aromatic heterocycles. The van der Waals surface area contributed by atoms with Crippen LogP contribution in [0.15, 0.2) is 12.1 Å². The van der Waals surface area contributed by atoms with Crippen molar-refractivity contribution in [3.63, 3.8) is 0 Å². The van der Waals surface area contributed by atoms with Gasteiger partial charge >= 0.3 is 0 Å². The molecule has 0 saturated heterocycles. The third-order valence-corrected chi connectivity index (χ3v) is 4.05. The first-order chi connectivity index (χ1) is 9.90. The average molecular weight is 297 g/mol. The van der Waals surface area contributed by atoms with E-state index in [1.54, 1.807) is 13.0 Å². The average Bonchev–Trinajstić information content (AvgIpc) is 2.42. The van der Waals surface area contributed by atoms with Crippen LogP contribution in [0.4, 0.5) is 8.78 Å². The quantitative estimate of drug-likeness (QED) is 0.665. The molecule has 0 aliphatic rings. The zero-order chi connectivity index (χ0) is 16.0. The van der Waals surface area contributed by atoms with Gasteiger partial charge < -0.3 is 5.32 Å². The highest BCUT2D eigenvalue weighted by Gasteiger charge is 2.25. The van der Waals surface area contributed by atoms with Crippen LogP contribution in [0, 0.1) is 24.5 Å². The summed E-state index contributed by atoms with van der Waals surface area (Å²) in [6.07, 6.45) is 4.32. The van der Waals surface area contributed by atoms with Gasteiger partial charge in [0.15, 0.2) is 0 Å². The molecule has 2 unspecified atom stereocenters. The van der Waals surface area contributed by atoms with Crippen molar-refractivity contribution in [2.24, 2.45) is 5.92 Å². The number of aryl methyl sites for hydroxylation is 1. The Bertz CT molecular complexity index is 443. The minimum atomic E-state index is -0.471. The molecule has 0 aliphatic heterocycles. The molecule has 0 heterocycles. The Morgan fingerprint density at radius 3 is 2.29 bits per heavy atom. The zero-order valence-corrected chi connectivity index (χ0v) is 14.0. The molecule has 0 bridgehead atoms. The summed E-state index contributed by atoms with van der Waals surface area (Å²) in [5.41, 5.74) is 1.11. The first-order valence-electron chi connectivity index (χ1n) is 8.12. The van der Waals surface area contributed by atoms with Gasteiger partial charge in [-0.25, -0.2) is 8.78 Å². The molecule has 21 heavy (non-hydrogen) atoms. The van der Waals surface area contributed by atoms with Gasteiger partial charge in [0.25, 0.3) is 0 Å². The molecular weight excluding hydrogens is 268 g/mol. The molecule has 1 N–H and O–H groups in total. The van der Waals surface area contributed by atoms with E-state index in [-0.39, 0.29) is 12.1 Å². The van der Waals surface area contributed by atoms with E-state index in [0.717, 1.165) is 31.7 Å². The number of halogens is 2. The van der Waals surface area contributed by atoms with Crippen LogP contribution in [-0.4, -0.2) is 6.04 Å². The summed E-state index contributed by atoms with van der Waals surface area (Å²) < 4.78 is 27.8. The fraction of sp³-hybridized carbons (Fsp3) is 0.667. The molecule has 0 saturated carbocycles. The Morgan fingerprint density at radius 1 is 1.10 bits per heavy atom. The first-order valence-corrected chi connectivity index (χ1v) is 8.12. The molecule has 3 heteroatoms. The molecule has 1 aromatic carbocycles. The van der Waals surface area contributed by atoms with Gasteiger partial charge in [-0.1, -0.05) is 47.0 Å². The Labute approximate surface area is 128 Å². The molecule has 0 radical (unpaired) electrons. The van der Waals surface area contributed by atoms with Crippen molar-refractivity contribution in [1.29, 1.82) is 0 Å². The number of nitrogens with one attached hydrogen (secondary N) is 1. The van der Waals surface area contributed by atoms with E-state index >= 15 is 0 Å². The predicted octanol–water partition coefficient (Wildman–Crippen LogP) is 5.53. The highest BCUT2D eigenvalue weighted by molar-refractivity contribution is 5.29. The monoisotopic (exact) mass is 297 g/mol. The van der Waals surface area contributed by atoms with E-state index in [9.17, 15) is 8.78 Å². The predicted molar refractivity (Wildman–Crippen MR) is 85.4 cm³/mol. The number of unbranched alkanes of at least 4 members (excludes halogenated alkanes) is 1. The van der Waals surface area contributed by atoms with Crippen LogP contribution < -0.4 is 5.32 Å². The third-order valence-electron chi connectivity index (χ3n) is 4.05. The number of hydrogen-bond donors (Lipinski definition) is 1. The molecular formula is C18H29F2N. The van der Waals surface area contributed by atoms with Gasteiger partial charge in [0.05, 0.1) is 0 Å². The smallest absolute Gasteiger partial charge is 0.130 e. The van der Waals surface area contributed by atoms with Crippen molar-refractivity contribution >= 4 is 0 Å². The Balaban J connectivity index is 3.14. The van der Waals surface area contributed by atoms with Gasteiger partial charge in [-0.15, -0.1) is 0 Å². The van der Waals surface area contributed by atoms with Crippen LogP contribution in [0.5, 0.6) is 0 Å². The van der Waals surface area contributed by atoms with Crippen LogP contribution in [0.1, 0.15) is 70.5 Å². The summed E-state index contributed by atoms with van der Waals surface area (Å²) in [5, 5.41) is 3.48. The summed E-state index contributed by atoms with van der Waals surface area (Å²) in [4.78, 5) is 0. The Kier molecular flexibility index (Phi) is 7.30. The van der Waals surface area contributed by atoms with Gasteiger partial charge in [0.1, 0.15) is 11.6 Å². The van der Waals surface area contributed by atoms with Crippen molar-refractivity contribution in [3.8, 4) is 0 Å². The van der Waals surface area contributed by atoms with Crippen LogP contribution >= 0.6 is 0 Å². The van der Waals surface area contributed by atoms with Crippen molar-refractivity contribution < 1.29 is 8.78 Å². The second kappa shape index (κ2) is 8.47. The Hall–Kier alpha value is -0.960. The second-order valence-electron chi connectivity index (χ2n) is 6.23. The van der Waals surface area contributed by atoms with Gasteiger partial charge in [-0.3, -0.25) is 0 Å².